The van der Waals surface area contributed by atoms with E-state index in [0.717, 1.165) is 42.2 Å². The van der Waals surface area contributed by atoms with Crippen LogP contribution >= 0.6 is 23.5 Å². The minimum atomic E-state index is 0.200. The maximum absolute atomic E-state index is 5.56. The highest BCUT2D eigenvalue weighted by atomic mass is 32.2. The lowest BCUT2D eigenvalue weighted by Gasteiger charge is -2.16. The first-order valence-corrected chi connectivity index (χ1v) is 10.4. The third kappa shape index (κ3) is 8.69. The van der Waals surface area contributed by atoms with Crippen LogP contribution in [-0.2, 0) is 9.47 Å². The lowest BCUT2D eigenvalue weighted by molar-refractivity contribution is 0.157. The van der Waals surface area contributed by atoms with Crippen LogP contribution in [0.25, 0.3) is 0 Å². The maximum atomic E-state index is 5.56. The molecule has 0 amide bonds. The second-order valence-corrected chi connectivity index (χ2v) is 7.51. The van der Waals surface area contributed by atoms with E-state index in [1.807, 2.05) is 6.20 Å². The summed E-state index contributed by atoms with van der Waals surface area (Å²) in [7, 11) is 0. The molecule has 0 aliphatic rings. The van der Waals surface area contributed by atoms with Gasteiger partial charge in [-0.2, -0.15) is 0 Å². The molecule has 0 radical (unpaired) electrons. The summed E-state index contributed by atoms with van der Waals surface area (Å²) < 4.78 is 11.1. The van der Waals surface area contributed by atoms with Crippen LogP contribution in [0.15, 0.2) is 53.9 Å². The second-order valence-electron chi connectivity index (χ2n) is 5.38. The van der Waals surface area contributed by atoms with Gasteiger partial charge in [0.2, 0.25) is 0 Å². The smallest absolute Gasteiger partial charge is 0.107 e. The molecule has 2 unspecified atom stereocenters. The molecular formula is C19H29NO2S2. The lowest BCUT2D eigenvalue weighted by atomic mass is 10.2. The predicted octanol–water partition coefficient (Wildman–Crippen LogP) is 5.92. The van der Waals surface area contributed by atoms with E-state index in [0.29, 0.717) is 0 Å². The zero-order chi connectivity index (χ0) is 17.6. The predicted molar refractivity (Wildman–Crippen MR) is 106 cm³/mol. The Morgan fingerprint density at radius 1 is 1.04 bits per heavy atom. The van der Waals surface area contributed by atoms with Crippen molar-refractivity contribution >= 4 is 23.5 Å². The molecule has 0 aromatic carbocycles. The van der Waals surface area contributed by atoms with Gasteiger partial charge in [-0.15, -0.1) is 23.5 Å². The molecule has 1 heterocycles. The minimum Gasteiger partial charge on any atom is -0.498 e. The van der Waals surface area contributed by atoms with Gasteiger partial charge < -0.3 is 9.47 Å². The molecule has 1 rings (SSSR count). The van der Waals surface area contributed by atoms with E-state index < -0.39 is 0 Å². The molecule has 1 aromatic heterocycles. The fraction of sp³-hybridized carbons (Fsp3) is 0.526. The molecule has 0 N–H and O–H groups in total. The van der Waals surface area contributed by atoms with Gasteiger partial charge >= 0.3 is 0 Å². The van der Waals surface area contributed by atoms with Crippen molar-refractivity contribution in [1.82, 2.24) is 4.98 Å². The van der Waals surface area contributed by atoms with Gasteiger partial charge in [0.25, 0.3) is 0 Å². The maximum Gasteiger partial charge on any atom is 0.107 e. The number of pyridine rings is 1. The molecule has 2 atom stereocenters. The van der Waals surface area contributed by atoms with Crippen molar-refractivity contribution < 1.29 is 9.47 Å². The van der Waals surface area contributed by atoms with E-state index in [4.69, 9.17) is 9.47 Å². The molecule has 0 bridgehead atoms. The third-order valence-corrected chi connectivity index (χ3v) is 5.54. The van der Waals surface area contributed by atoms with Gasteiger partial charge in [0.15, 0.2) is 0 Å². The average molecular weight is 368 g/mol. The standard InChI is InChI=1S/C19H29NO2S2/c1-5-9-16(21-7-3)14-23-18-11-12-20-19(13-18)24-15-17(10-6-2)22-8-4/h7-8,11-13,16-17H,3-6,9-10,14-15H2,1-2H3. The lowest BCUT2D eigenvalue weighted by Crippen LogP contribution is -2.13. The molecule has 0 fully saturated rings. The largest absolute Gasteiger partial charge is 0.498 e. The summed E-state index contributed by atoms with van der Waals surface area (Å²) in [5, 5.41) is 1.03. The number of hydrogen-bond donors (Lipinski definition) is 0. The molecule has 24 heavy (non-hydrogen) atoms. The Hall–Kier alpha value is -1.07. The van der Waals surface area contributed by atoms with Crippen molar-refractivity contribution in [3.8, 4) is 0 Å². The minimum absolute atomic E-state index is 0.200. The molecular weight excluding hydrogens is 338 g/mol. The number of ether oxygens (including phenoxy) is 2. The van der Waals surface area contributed by atoms with Crippen LogP contribution in [0.3, 0.4) is 0 Å². The Morgan fingerprint density at radius 3 is 2.17 bits per heavy atom. The highest BCUT2D eigenvalue weighted by Crippen LogP contribution is 2.26. The Kier molecular flexibility index (Phi) is 11.6. The summed E-state index contributed by atoms with van der Waals surface area (Å²) in [4.78, 5) is 5.67. The first kappa shape index (κ1) is 21.0. The average Bonchev–Trinajstić information content (AvgIpc) is 2.59. The van der Waals surface area contributed by atoms with Crippen molar-refractivity contribution in [3.63, 3.8) is 0 Å². The summed E-state index contributed by atoms with van der Waals surface area (Å²) >= 11 is 3.54. The van der Waals surface area contributed by atoms with E-state index in [2.05, 4.69) is 44.1 Å². The zero-order valence-corrected chi connectivity index (χ0v) is 16.4. The van der Waals surface area contributed by atoms with Crippen molar-refractivity contribution in [1.29, 1.82) is 0 Å². The van der Waals surface area contributed by atoms with Crippen LogP contribution in [0.2, 0.25) is 0 Å². The number of hydrogen-bond acceptors (Lipinski definition) is 5. The Labute approximate surface area is 155 Å². The number of thioether (sulfide) groups is 2. The SMILES string of the molecule is C=COC(CCC)CSc1ccnc(SCC(CCC)OC=C)c1. The fourth-order valence-corrected chi connectivity index (χ4v) is 4.22. The summed E-state index contributed by atoms with van der Waals surface area (Å²) in [5.41, 5.74) is 0. The zero-order valence-electron chi connectivity index (χ0n) is 14.8. The normalized spacial score (nSPS) is 13.1. The van der Waals surface area contributed by atoms with Gasteiger partial charge in [-0.25, -0.2) is 4.98 Å². The van der Waals surface area contributed by atoms with E-state index >= 15 is 0 Å². The summed E-state index contributed by atoms with van der Waals surface area (Å²) in [5.74, 6) is 1.81. The monoisotopic (exact) mass is 367 g/mol. The van der Waals surface area contributed by atoms with E-state index in [1.165, 1.54) is 11.2 Å². The molecule has 0 aliphatic carbocycles. The first-order valence-electron chi connectivity index (χ1n) is 8.47. The highest BCUT2D eigenvalue weighted by Gasteiger charge is 2.11. The van der Waals surface area contributed by atoms with Crippen LogP contribution in [0.4, 0.5) is 0 Å². The summed E-state index contributed by atoms with van der Waals surface area (Å²) in [6, 6.07) is 4.19. The van der Waals surface area contributed by atoms with Crippen LogP contribution in [0.5, 0.6) is 0 Å². The molecule has 0 aliphatic heterocycles. The quantitative estimate of drug-likeness (QED) is 0.301. The number of nitrogens with zero attached hydrogens (tertiary/aromatic N) is 1. The Morgan fingerprint density at radius 2 is 1.62 bits per heavy atom. The van der Waals surface area contributed by atoms with Gasteiger partial charge in [0.1, 0.15) is 12.2 Å². The van der Waals surface area contributed by atoms with Crippen LogP contribution in [0, 0.1) is 0 Å². The molecule has 5 heteroatoms. The van der Waals surface area contributed by atoms with Crippen LogP contribution < -0.4 is 0 Å². The van der Waals surface area contributed by atoms with E-state index in [9.17, 15) is 0 Å². The third-order valence-electron chi connectivity index (χ3n) is 3.36. The number of aromatic nitrogens is 1. The van der Waals surface area contributed by atoms with Crippen LogP contribution in [0.1, 0.15) is 39.5 Å². The molecule has 0 spiro atoms. The molecule has 0 saturated heterocycles. The van der Waals surface area contributed by atoms with Gasteiger partial charge in [0.05, 0.1) is 17.6 Å². The second kappa shape index (κ2) is 13.2. The fourth-order valence-electron chi connectivity index (χ4n) is 2.22. The Bertz CT molecular complexity index is 443. The van der Waals surface area contributed by atoms with Gasteiger partial charge in [-0.1, -0.05) is 39.8 Å². The van der Waals surface area contributed by atoms with Crippen molar-refractivity contribution in [3.05, 3.63) is 44.0 Å². The highest BCUT2D eigenvalue weighted by molar-refractivity contribution is 8.00. The van der Waals surface area contributed by atoms with E-state index in [-0.39, 0.29) is 12.2 Å². The molecule has 0 saturated carbocycles. The molecule has 3 nitrogen and oxygen atoms in total. The summed E-state index contributed by atoms with van der Waals surface area (Å²) in [6.07, 6.45) is 9.66. The van der Waals surface area contributed by atoms with Gasteiger partial charge in [0, 0.05) is 22.6 Å². The van der Waals surface area contributed by atoms with Crippen molar-refractivity contribution in [2.24, 2.45) is 0 Å². The first-order chi connectivity index (χ1) is 11.7. The van der Waals surface area contributed by atoms with Crippen molar-refractivity contribution in [2.75, 3.05) is 11.5 Å². The molecule has 1 aromatic rings. The summed E-state index contributed by atoms with van der Waals surface area (Å²) in [6.45, 7) is 11.6. The van der Waals surface area contributed by atoms with Crippen LogP contribution in [-0.4, -0.2) is 28.7 Å². The Balaban J connectivity index is 2.52. The molecule has 134 valence electrons. The van der Waals surface area contributed by atoms with Gasteiger partial charge in [-0.3, -0.25) is 0 Å². The topological polar surface area (TPSA) is 31.4 Å². The number of rotatable bonds is 14. The van der Waals surface area contributed by atoms with Crippen molar-refractivity contribution in [2.45, 2.75) is 61.7 Å². The van der Waals surface area contributed by atoms with E-state index in [1.54, 1.807) is 29.8 Å². The van der Waals surface area contributed by atoms with Gasteiger partial charge in [-0.05, 0) is 25.0 Å².